The third-order valence-corrected chi connectivity index (χ3v) is 2.33. The van der Waals surface area contributed by atoms with Gasteiger partial charge in [-0.25, -0.2) is 14.4 Å². The van der Waals surface area contributed by atoms with E-state index in [9.17, 15) is 4.39 Å². The van der Waals surface area contributed by atoms with Crippen LogP contribution in [0.1, 0.15) is 5.56 Å². The molecule has 0 unspecified atom stereocenters. The Morgan fingerprint density at radius 2 is 2.00 bits per heavy atom. The maximum atomic E-state index is 13.5. The summed E-state index contributed by atoms with van der Waals surface area (Å²) in [6.45, 7) is 0.339. The highest BCUT2D eigenvalue weighted by molar-refractivity contribution is 6.30. The Morgan fingerprint density at radius 1 is 1.29 bits per heavy atom. The second-order valence-corrected chi connectivity index (χ2v) is 3.64. The van der Waals surface area contributed by atoms with Crippen molar-refractivity contribution in [3.8, 4) is 11.8 Å². The van der Waals surface area contributed by atoms with Gasteiger partial charge in [-0.15, -0.1) is 0 Å². The fraction of sp³-hybridized carbons (Fsp3) is 0.0909. The Bertz CT molecular complexity index is 519. The van der Waals surface area contributed by atoms with Crippen molar-refractivity contribution in [2.45, 2.75) is 6.54 Å². The molecule has 4 nitrogen and oxygen atoms in total. The molecule has 0 saturated carbocycles. The lowest BCUT2D eigenvalue weighted by atomic mass is 10.3. The number of ether oxygens (including phenoxy) is 1. The lowest BCUT2D eigenvalue weighted by Gasteiger charge is -2.05. The van der Waals surface area contributed by atoms with Crippen LogP contribution in [0.15, 0.2) is 30.6 Å². The van der Waals surface area contributed by atoms with E-state index in [-0.39, 0.29) is 16.8 Å². The van der Waals surface area contributed by atoms with Crippen LogP contribution in [0.2, 0.25) is 5.02 Å². The summed E-state index contributed by atoms with van der Waals surface area (Å²) in [4.78, 5) is 7.79. The van der Waals surface area contributed by atoms with Crippen molar-refractivity contribution < 1.29 is 9.13 Å². The molecule has 0 amide bonds. The molecule has 0 atom stereocenters. The number of hydrogen-bond acceptors (Lipinski definition) is 4. The maximum Gasteiger partial charge on any atom is 0.321 e. The third-order valence-electron chi connectivity index (χ3n) is 2.03. The first-order valence-electron chi connectivity index (χ1n) is 4.83. The number of hydrogen-bond donors (Lipinski definition) is 1. The Kier molecular flexibility index (Phi) is 3.51. The van der Waals surface area contributed by atoms with Gasteiger partial charge in [0.15, 0.2) is 11.6 Å². The Hall–Kier alpha value is -1.72. The van der Waals surface area contributed by atoms with Crippen LogP contribution in [-0.4, -0.2) is 9.97 Å². The molecule has 1 heterocycles. The zero-order valence-corrected chi connectivity index (χ0v) is 9.49. The Labute approximate surface area is 102 Å². The average Bonchev–Trinajstić information content (AvgIpc) is 2.36. The fourth-order valence-electron chi connectivity index (χ4n) is 1.16. The van der Waals surface area contributed by atoms with Crippen LogP contribution in [0.5, 0.6) is 11.8 Å². The van der Waals surface area contributed by atoms with Crippen molar-refractivity contribution in [3.05, 3.63) is 47.0 Å². The molecule has 2 rings (SSSR count). The highest BCUT2D eigenvalue weighted by Crippen LogP contribution is 2.26. The molecule has 17 heavy (non-hydrogen) atoms. The number of nitrogens with two attached hydrogens (primary N) is 1. The van der Waals surface area contributed by atoms with E-state index in [0.29, 0.717) is 6.54 Å². The molecular formula is C11H9ClFN3O. The third kappa shape index (κ3) is 2.69. The summed E-state index contributed by atoms with van der Waals surface area (Å²) in [5.74, 6) is -0.654. The molecule has 0 fully saturated rings. The molecule has 0 aliphatic heterocycles. The molecule has 0 saturated heterocycles. The van der Waals surface area contributed by atoms with Crippen LogP contribution in [0.4, 0.5) is 4.39 Å². The smallest absolute Gasteiger partial charge is 0.321 e. The SMILES string of the molecule is NCc1cnc(Oc2cccc(Cl)c2F)nc1. The number of nitrogens with zero attached hydrogens (tertiary/aromatic N) is 2. The molecule has 2 N–H and O–H groups in total. The molecule has 0 radical (unpaired) electrons. The van der Waals surface area contributed by atoms with Gasteiger partial charge >= 0.3 is 6.01 Å². The van der Waals surface area contributed by atoms with Gasteiger partial charge < -0.3 is 10.5 Å². The molecule has 1 aromatic heterocycles. The van der Waals surface area contributed by atoms with Crippen molar-refractivity contribution in [1.29, 1.82) is 0 Å². The van der Waals surface area contributed by atoms with Gasteiger partial charge in [-0.1, -0.05) is 17.7 Å². The predicted molar refractivity (Wildman–Crippen MR) is 61.4 cm³/mol. The minimum Gasteiger partial charge on any atom is -0.421 e. The monoisotopic (exact) mass is 253 g/mol. The van der Waals surface area contributed by atoms with Gasteiger partial charge in [0.05, 0.1) is 5.02 Å². The van der Waals surface area contributed by atoms with Crippen molar-refractivity contribution in [2.24, 2.45) is 5.73 Å². The largest absolute Gasteiger partial charge is 0.421 e. The van der Waals surface area contributed by atoms with E-state index in [0.717, 1.165) is 5.56 Å². The molecule has 1 aromatic carbocycles. The van der Waals surface area contributed by atoms with Gasteiger partial charge in [0.25, 0.3) is 0 Å². The summed E-state index contributed by atoms with van der Waals surface area (Å²) < 4.78 is 18.7. The van der Waals surface area contributed by atoms with Crippen LogP contribution in [-0.2, 0) is 6.54 Å². The van der Waals surface area contributed by atoms with Crippen LogP contribution in [0.3, 0.4) is 0 Å². The second-order valence-electron chi connectivity index (χ2n) is 3.23. The summed E-state index contributed by atoms with van der Waals surface area (Å²) in [5.41, 5.74) is 6.17. The number of rotatable bonds is 3. The van der Waals surface area contributed by atoms with Gasteiger partial charge in [-0.05, 0) is 12.1 Å². The first kappa shape index (κ1) is 11.8. The quantitative estimate of drug-likeness (QED) is 0.913. The van der Waals surface area contributed by atoms with Crippen molar-refractivity contribution in [3.63, 3.8) is 0 Å². The Morgan fingerprint density at radius 3 is 2.65 bits per heavy atom. The van der Waals surface area contributed by atoms with E-state index >= 15 is 0 Å². The van der Waals surface area contributed by atoms with Crippen molar-refractivity contribution >= 4 is 11.6 Å². The summed E-state index contributed by atoms with van der Waals surface area (Å²) in [7, 11) is 0. The summed E-state index contributed by atoms with van der Waals surface area (Å²) in [6, 6.07) is 4.50. The minimum atomic E-state index is -0.638. The lowest BCUT2D eigenvalue weighted by Crippen LogP contribution is -2.00. The van der Waals surface area contributed by atoms with E-state index in [4.69, 9.17) is 22.1 Å². The second kappa shape index (κ2) is 5.07. The molecule has 0 aliphatic carbocycles. The minimum absolute atomic E-state index is 0.0129. The van der Waals surface area contributed by atoms with E-state index < -0.39 is 5.82 Å². The number of halogens is 2. The van der Waals surface area contributed by atoms with Gasteiger partial charge in [0, 0.05) is 24.5 Å². The topological polar surface area (TPSA) is 61.0 Å². The molecule has 0 bridgehead atoms. The zero-order valence-electron chi connectivity index (χ0n) is 8.73. The fourth-order valence-corrected chi connectivity index (χ4v) is 1.33. The first-order chi connectivity index (χ1) is 8.20. The van der Waals surface area contributed by atoms with Crippen LogP contribution >= 0.6 is 11.6 Å². The summed E-state index contributed by atoms with van der Waals surface area (Å²) in [6.07, 6.45) is 3.04. The number of benzene rings is 1. The highest BCUT2D eigenvalue weighted by atomic mass is 35.5. The predicted octanol–water partition coefficient (Wildman–Crippen LogP) is 2.52. The van der Waals surface area contributed by atoms with E-state index in [1.54, 1.807) is 6.07 Å². The lowest BCUT2D eigenvalue weighted by molar-refractivity contribution is 0.410. The van der Waals surface area contributed by atoms with Crippen molar-refractivity contribution in [2.75, 3.05) is 0 Å². The zero-order chi connectivity index (χ0) is 12.3. The van der Waals surface area contributed by atoms with Crippen LogP contribution in [0.25, 0.3) is 0 Å². The Balaban J connectivity index is 2.22. The van der Waals surface area contributed by atoms with Crippen LogP contribution in [0, 0.1) is 5.82 Å². The highest BCUT2D eigenvalue weighted by Gasteiger charge is 2.09. The molecule has 6 heteroatoms. The first-order valence-corrected chi connectivity index (χ1v) is 5.21. The average molecular weight is 254 g/mol. The van der Waals surface area contributed by atoms with E-state index in [1.807, 2.05) is 0 Å². The molecule has 2 aromatic rings. The van der Waals surface area contributed by atoms with Gasteiger partial charge in [-0.3, -0.25) is 0 Å². The normalized spacial score (nSPS) is 10.3. The standard InChI is InChI=1S/C11H9ClFN3O/c12-8-2-1-3-9(10(8)13)17-11-15-5-7(4-14)6-16-11/h1-3,5-6H,4,14H2. The van der Waals surface area contributed by atoms with E-state index in [1.165, 1.54) is 24.5 Å². The van der Waals surface area contributed by atoms with E-state index in [2.05, 4.69) is 9.97 Å². The van der Waals surface area contributed by atoms with Gasteiger partial charge in [0.1, 0.15) is 0 Å². The molecular weight excluding hydrogens is 245 g/mol. The van der Waals surface area contributed by atoms with Crippen molar-refractivity contribution in [1.82, 2.24) is 9.97 Å². The summed E-state index contributed by atoms with van der Waals surface area (Å²) in [5, 5.41) is -0.0129. The van der Waals surface area contributed by atoms with Gasteiger partial charge in [-0.2, -0.15) is 0 Å². The molecule has 0 spiro atoms. The molecule has 88 valence electrons. The summed E-state index contributed by atoms with van der Waals surface area (Å²) >= 11 is 5.62. The van der Waals surface area contributed by atoms with Crippen LogP contribution < -0.4 is 10.5 Å². The van der Waals surface area contributed by atoms with Gasteiger partial charge in [0.2, 0.25) is 0 Å². The maximum absolute atomic E-state index is 13.5. The number of aromatic nitrogens is 2. The molecule has 0 aliphatic rings.